The van der Waals surface area contributed by atoms with E-state index in [1.54, 1.807) is 21.3 Å². The number of nitrogens with one attached hydrogen (secondary N) is 1. The number of ether oxygens (including phenoxy) is 3. The van der Waals surface area contributed by atoms with Crippen molar-refractivity contribution in [1.29, 1.82) is 0 Å². The second kappa shape index (κ2) is 8.14. The van der Waals surface area contributed by atoms with Gasteiger partial charge in [0.1, 0.15) is 0 Å². The van der Waals surface area contributed by atoms with Gasteiger partial charge in [-0.2, -0.15) is 0 Å². The first-order valence-corrected chi connectivity index (χ1v) is 4.61. The van der Waals surface area contributed by atoms with Gasteiger partial charge >= 0.3 is 0 Å². The zero-order chi connectivity index (χ0) is 11.0. The Morgan fingerprint density at radius 1 is 1.21 bits per heavy atom. The molecule has 86 valence electrons. The van der Waals surface area contributed by atoms with Crippen LogP contribution in [0.15, 0.2) is 0 Å². The van der Waals surface area contributed by atoms with Crippen molar-refractivity contribution in [3.63, 3.8) is 0 Å². The van der Waals surface area contributed by atoms with E-state index in [-0.39, 0.29) is 25.0 Å². The molecule has 0 heterocycles. The Kier molecular flexibility index (Phi) is 8.02. The molecule has 0 saturated carbocycles. The van der Waals surface area contributed by atoms with Crippen molar-refractivity contribution in [3.8, 4) is 0 Å². The van der Waals surface area contributed by atoms with Crippen molar-refractivity contribution < 1.29 is 19.3 Å². The number of hydrogen-bond acceptors (Lipinski definition) is 5. The smallest absolute Gasteiger partial charge is 0.171 e. The summed E-state index contributed by atoms with van der Waals surface area (Å²) < 4.78 is 15.1. The number of rotatable bonds is 8. The van der Waals surface area contributed by atoms with Crippen molar-refractivity contribution in [2.45, 2.75) is 25.3 Å². The highest BCUT2D eigenvalue weighted by atomic mass is 16.7. The lowest BCUT2D eigenvalue weighted by Gasteiger charge is -2.26. The summed E-state index contributed by atoms with van der Waals surface area (Å²) in [5.41, 5.74) is 0. The molecule has 0 amide bonds. The predicted molar refractivity (Wildman–Crippen MR) is 53.2 cm³/mol. The summed E-state index contributed by atoms with van der Waals surface area (Å²) in [7, 11) is 4.76. The molecular weight excluding hydrogens is 186 g/mol. The van der Waals surface area contributed by atoms with Crippen LogP contribution in [0, 0.1) is 0 Å². The summed E-state index contributed by atoms with van der Waals surface area (Å²) in [6.45, 7) is 2.41. The van der Waals surface area contributed by atoms with Crippen LogP contribution in [0.5, 0.6) is 0 Å². The van der Waals surface area contributed by atoms with Crippen molar-refractivity contribution in [2.75, 3.05) is 34.5 Å². The number of hydrogen-bond donors (Lipinski definition) is 2. The van der Waals surface area contributed by atoms with Crippen LogP contribution in [0.2, 0.25) is 0 Å². The summed E-state index contributed by atoms with van der Waals surface area (Å²) in [6.07, 6.45) is -0.319. The van der Waals surface area contributed by atoms with Crippen molar-refractivity contribution >= 4 is 0 Å². The molecule has 0 spiro atoms. The summed E-state index contributed by atoms with van der Waals surface area (Å²) in [4.78, 5) is 0. The van der Waals surface area contributed by atoms with E-state index < -0.39 is 0 Å². The molecule has 2 unspecified atom stereocenters. The zero-order valence-electron chi connectivity index (χ0n) is 9.32. The third-order valence-corrected chi connectivity index (χ3v) is 1.96. The Bertz CT molecular complexity index is 130. The average Bonchev–Trinajstić information content (AvgIpc) is 2.19. The van der Waals surface area contributed by atoms with E-state index in [0.29, 0.717) is 6.61 Å². The maximum atomic E-state index is 9.01. The van der Waals surface area contributed by atoms with Gasteiger partial charge in [0.15, 0.2) is 6.29 Å². The lowest BCUT2D eigenvalue weighted by atomic mass is 10.2. The van der Waals surface area contributed by atoms with Gasteiger partial charge in [-0.15, -0.1) is 0 Å². The lowest BCUT2D eigenvalue weighted by molar-refractivity contribution is -0.122. The van der Waals surface area contributed by atoms with E-state index in [1.807, 2.05) is 6.92 Å². The van der Waals surface area contributed by atoms with Gasteiger partial charge in [0.05, 0.1) is 25.3 Å². The summed E-state index contributed by atoms with van der Waals surface area (Å²) in [5, 5.41) is 12.2. The molecule has 0 radical (unpaired) electrons. The summed E-state index contributed by atoms with van der Waals surface area (Å²) in [6, 6.07) is -0.0971. The van der Waals surface area contributed by atoms with E-state index >= 15 is 0 Å². The molecule has 2 atom stereocenters. The van der Waals surface area contributed by atoms with Gasteiger partial charge in [0.25, 0.3) is 0 Å². The minimum absolute atomic E-state index is 0.00250. The van der Waals surface area contributed by atoms with Gasteiger partial charge in [-0.05, 0) is 6.92 Å². The third-order valence-electron chi connectivity index (χ3n) is 1.96. The van der Waals surface area contributed by atoms with E-state index in [0.717, 1.165) is 0 Å². The lowest BCUT2D eigenvalue weighted by Crippen LogP contribution is -2.48. The van der Waals surface area contributed by atoms with Crippen LogP contribution in [-0.2, 0) is 14.2 Å². The Balaban J connectivity index is 3.92. The van der Waals surface area contributed by atoms with E-state index in [1.165, 1.54) is 0 Å². The van der Waals surface area contributed by atoms with Crippen LogP contribution >= 0.6 is 0 Å². The number of methoxy groups -OCH3 is 3. The minimum atomic E-state index is -0.319. The second-order valence-corrected chi connectivity index (χ2v) is 3.13. The SMILES string of the molecule is COCC(CO)NC(C)C(OC)OC. The highest BCUT2D eigenvalue weighted by Crippen LogP contribution is 2.00. The summed E-state index contributed by atoms with van der Waals surface area (Å²) in [5.74, 6) is 0. The minimum Gasteiger partial charge on any atom is -0.395 e. The fourth-order valence-corrected chi connectivity index (χ4v) is 1.31. The molecule has 0 fully saturated rings. The highest BCUT2D eigenvalue weighted by molar-refractivity contribution is 4.72. The summed E-state index contributed by atoms with van der Waals surface area (Å²) >= 11 is 0. The molecule has 0 aromatic heterocycles. The molecule has 5 heteroatoms. The van der Waals surface area contributed by atoms with E-state index in [4.69, 9.17) is 19.3 Å². The van der Waals surface area contributed by atoms with Crippen molar-refractivity contribution in [2.24, 2.45) is 0 Å². The zero-order valence-corrected chi connectivity index (χ0v) is 9.32. The van der Waals surface area contributed by atoms with Gasteiger partial charge < -0.3 is 24.6 Å². The van der Waals surface area contributed by atoms with Crippen LogP contribution < -0.4 is 5.32 Å². The van der Waals surface area contributed by atoms with Crippen LogP contribution in [0.4, 0.5) is 0 Å². The molecule has 2 N–H and O–H groups in total. The monoisotopic (exact) mass is 207 g/mol. The predicted octanol–water partition coefficient (Wildman–Crippen LogP) is -0.409. The normalized spacial score (nSPS) is 15.9. The van der Waals surface area contributed by atoms with Crippen LogP contribution in [-0.4, -0.2) is 58.0 Å². The molecule has 0 rings (SSSR count). The fourth-order valence-electron chi connectivity index (χ4n) is 1.31. The topological polar surface area (TPSA) is 60.0 Å². The maximum Gasteiger partial charge on any atom is 0.171 e. The largest absolute Gasteiger partial charge is 0.395 e. The molecule has 0 aliphatic carbocycles. The van der Waals surface area contributed by atoms with Gasteiger partial charge in [-0.3, -0.25) is 0 Å². The van der Waals surface area contributed by atoms with Crippen molar-refractivity contribution in [3.05, 3.63) is 0 Å². The van der Waals surface area contributed by atoms with Gasteiger partial charge in [-0.25, -0.2) is 0 Å². The third kappa shape index (κ3) is 4.88. The molecule has 5 nitrogen and oxygen atoms in total. The average molecular weight is 207 g/mol. The van der Waals surface area contributed by atoms with Gasteiger partial charge in [0, 0.05) is 21.3 Å². The Hall–Kier alpha value is -0.200. The quantitative estimate of drug-likeness (QED) is 0.530. The standard InChI is InChI=1S/C9H21NO4/c1-7(9(13-3)14-4)10-8(5-11)6-12-2/h7-11H,5-6H2,1-4H3. The molecule has 0 aliphatic rings. The fraction of sp³-hybridized carbons (Fsp3) is 1.00. The Labute approximate surface area is 85.3 Å². The van der Waals surface area contributed by atoms with Crippen molar-refractivity contribution in [1.82, 2.24) is 5.32 Å². The van der Waals surface area contributed by atoms with E-state index in [2.05, 4.69) is 5.32 Å². The molecule has 14 heavy (non-hydrogen) atoms. The molecule has 0 saturated heterocycles. The second-order valence-electron chi connectivity index (χ2n) is 3.13. The van der Waals surface area contributed by atoms with E-state index in [9.17, 15) is 0 Å². The highest BCUT2D eigenvalue weighted by Gasteiger charge is 2.19. The first kappa shape index (κ1) is 13.8. The van der Waals surface area contributed by atoms with Gasteiger partial charge in [-0.1, -0.05) is 0 Å². The molecule has 0 aliphatic heterocycles. The van der Waals surface area contributed by atoms with Gasteiger partial charge in [0.2, 0.25) is 0 Å². The Morgan fingerprint density at radius 2 is 1.79 bits per heavy atom. The molecular formula is C9H21NO4. The maximum absolute atomic E-state index is 9.01. The van der Waals surface area contributed by atoms with Crippen LogP contribution in [0.3, 0.4) is 0 Å². The number of aliphatic hydroxyl groups excluding tert-OH is 1. The first-order valence-electron chi connectivity index (χ1n) is 4.61. The van der Waals surface area contributed by atoms with Crippen LogP contribution in [0.1, 0.15) is 6.92 Å². The first-order chi connectivity index (χ1) is 6.69. The molecule has 0 bridgehead atoms. The molecule has 0 aromatic rings. The van der Waals surface area contributed by atoms with Crippen LogP contribution in [0.25, 0.3) is 0 Å². The Morgan fingerprint density at radius 3 is 2.14 bits per heavy atom. The molecule has 0 aromatic carbocycles. The number of aliphatic hydroxyl groups is 1.